The summed E-state index contributed by atoms with van der Waals surface area (Å²) in [6.45, 7) is 5.25. The van der Waals surface area contributed by atoms with Gasteiger partial charge >= 0.3 is 11.9 Å². The average Bonchev–Trinajstić information content (AvgIpc) is 3.70. The fourth-order valence-corrected chi connectivity index (χ4v) is 8.55. The number of rotatable bonds is 12. The Bertz CT molecular complexity index is 2130. The van der Waals surface area contributed by atoms with Crippen LogP contribution in [-0.4, -0.2) is 67.3 Å². The van der Waals surface area contributed by atoms with Gasteiger partial charge in [0.05, 0.1) is 32.0 Å². The first kappa shape index (κ1) is 36.5. The molecule has 3 heterocycles. The summed E-state index contributed by atoms with van der Waals surface area (Å²) in [4.78, 5) is 28.5. The number of carbonyl (C=O) groups is 2. The van der Waals surface area contributed by atoms with Gasteiger partial charge in [-0.2, -0.15) is 10.2 Å². The maximum absolute atomic E-state index is 13.1. The molecule has 0 aliphatic heterocycles. The van der Waals surface area contributed by atoms with Crippen molar-refractivity contribution in [3.8, 4) is 16.9 Å². The fourth-order valence-electron chi connectivity index (χ4n) is 7.29. The van der Waals surface area contributed by atoms with Crippen LogP contribution in [0.3, 0.4) is 0 Å². The van der Waals surface area contributed by atoms with Crippen LogP contribution >= 0.6 is 23.4 Å². The van der Waals surface area contributed by atoms with Gasteiger partial charge in [-0.25, -0.2) is 4.79 Å². The highest BCUT2D eigenvalue weighted by Gasteiger charge is 2.28. The highest BCUT2D eigenvalue weighted by Crippen LogP contribution is 2.43. The minimum atomic E-state index is -0.493. The number of phenols is 1. The molecule has 11 nitrogen and oxygen atoms in total. The van der Waals surface area contributed by atoms with Crippen LogP contribution in [-0.2, 0) is 66.6 Å². The molecule has 6 rings (SSSR count). The standard InChI is InChI=1S/C38H45ClN6O5S/c1-22-34-31(45(15-14-33(47)49-6)37(22)38(48)50-7)13-12-29(39)36(34)35-23(2)43(4)41-30(35)20-42(3)19-25-17-26(44(5)40-25)21-51-27-16-24-10-8-9-11-28(24)32(46)18-27/h12-13,16-18,46H,8-11,14-15,19-21H2,1-7H3. The molecule has 1 N–H and O–H groups in total. The van der Waals surface area contributed by atoms with Crippen LogP contribution in [0.4, 0.5) is 0 Å². The quantitative estimate of drug-likeness (QED) is 0.108. The topological polar surface area (TPSA) is 117 Å². The molecule has 13 heteroatoms. The van der Waals surface area contributed by atoms with Crippen molar-refractivity contribution in [2.24, 2.45) is 14.1 Å². The van der Waals surface area contributed by atoms with E-state index in [2.05, 4.69) is 17.0 Å². The zero-order valence-corrected chi connectivity index (χ0v) is 31.9. The second-order valence-electron chi connectivity index (χ2n) is 13.3. The molecule has 0 fully saturated rings. The normalized spacial score (nSPS) is 12.9. The molecule has 5 aromatic rings. The average molecular weight is 733 g/mol. The molecular formula is C38H45ClN6O5S. The van der Waals surface area contributed by atoms with E-state index in [0.29, 0.717) is 35.1 Å². The first-order valence-corrected chi connectivity index (χ1v) is 18.4. The van der Waals surface area contributed by atoms with Gasteiger partial charge in [0.25, 0.3) is 0 Å². The molecule has 0 radical (unpaired) electrons. The SMILES string of the molecule is COC(=O)CCn1c(C(=O)OC)c(C)c2c(-c3c(CN(C)Cc4cc(CSc5cc(O)c6c(c5)CCCC6)n(C)n4)nn(C)c3C)c(Cl)ccc21. The van der Waals surface area contributed by atoms with E-state index in [1.165, 1.54) is 26.2 Å². The number of thioether (sulfide) groups is 1. The summed E-state index contributed by atoms with van der Waals surface area (Å²) >= 11 is 8.73. The van der Waals surface area contributed by atoms with Crippen LogP contribution in [0.15, 0.2) is 35.2 Å². The Hall–Kier alpha value is -4.26. The smallest absolute Gasteiger partial charge is 0.354 e. The van der Waals surface area contributed by atoms with E-state index >= 15 is 0 Å². The van der Waals surface area contributed by atoms with E-state index in [1.54, 1.807) is 11.8 Å². The molecule has 0 bridgehead atoms. The number of fused-ring (bicyclic) bond motifs is 2. The third-order valence-electron chi connectivity index (χ3n) is 9.91. The molecule has 3 aromatic heterocycles. The van der Waals surface area contributed by atoms with E-state index in [0.717, 1.165) is 80.3 Å². The van der Waals surface area contributed by atoms with Crippen LogP contribution in [0.25, 0.3) is 22.0 Å². The van der Waals surface area contributed by atoms with Crippen molar-refractivity contribution in [3.63, 3.8) is 0 Å². The Labute approximate surface area is 307 Å². The molecule has 0 atom stereocenters. The summed E-state index contributed by atoms with van der Waals surface area (Å²) < 4.78 is 15.7. The van der Waals surface area contributed by atoms with Gasteiger partial charge in [-0.15, -0.1) is 11.8 Å². The van der Waals surface area contributed by atoms with Gasteiger partial charge in [-0.05, 0) is 93.6 Å². The lowest BCUT2D eigenvalue weighted by atomic mass is 9.91. The lowest BCUT2D eigenvalue weighted by Crippen LogP contribution is -2.18. The molecule has 0 saturated carbocycles. The highest BCUT2D eigenvalue weighted by molar-refractivity contribution is 7.98. The summed E-state index contributed by atoms with van der Waals surface area (Å²) in [5.74, 6) is 0.289. The number of benzene rings is 2. The molecular weight excluding hydrogens is 688 g/mol. The van der Waals surface area contributed by atoms with Crippen molar-refractivity contribution < 1.29 is 24.2 Å². The fraction of sp³-hybridized carbons (Fsp3) is 0.421. The summed E-state index contributed by atoms with van der Waals surface area (Å²) in [6, 6.07) is 9.97. The number of carbonyl (C=O) groups excluding carboxylic acids is 2. The molecule has 0 spiro atoms. The minimum absolute atomic E-state index is 0.0924. The molecule has 270 valence electrons. The number of hydrogen-bond acceptors (Lipinski definition) is 9. The van der Waals surface area contributed by atoms with Gasteiger partial charge in [0.2, 0.25) is 0 Å². The minimum Gasteiger partial charge on any atom is -0.508 e. The Balaban J connectivity index is 1.26. The number of esters is 2. The van der Waals surface area contributed by atoms with E-state index in [9.17, 15) is 14.7 Å². The molecule has 1 aliphatic rings. The van der Waals surface area contributed by atoms with Crippen LogP contribution in [0, 0.1) is 13.8 Å². The maximum atomic E-state index is 13.1. The second-order valence-corrected chi connectivity index (χ2v) is 14.7. The molecule has 0 amide bonds. The predicted molar refractivity (Wildman–Crippen MR) is 199 cm³/mol. The van der Waals surface area contributed by atoms with Crippen LogP contribution in [0.1, 0.15) is 69.2 Å². The first-order chi connectivity index (χ1) is 24.4. The summed E-state index contributed by atoms with van der Waals surface area (Å²) in [6.07, 6.45) is 4.37. The van der Waals surface area contributed by atoms with Crippen LogP contribution in [0.5, 0.6) is 5.75 Å². The highest BCUT2D eigenvalue weighted by atomic mass is 35.5. The number of aryl methyl sites for hydroxylation is 5. The number of aromatic nitrogens is 5. The third-order valence-corrected chi connectivity index (χ3v) is 11.2. The van der Waals surface area contributed by atoms with Gasteiger partial charge in [-0.3, -0.25) is 19.1 Å². The maximum Gasteiger partial charge on any atom is 0.354 e. The van der Waals surface area contributed by atoms with Crippen molar-refractivity contribution in [2.75, 3.05) is 21.3 Å². The number of nitrogens with zero attached hydrogens (tertiary/aromatic N) is 6. The first-order valence-electron chi connectivity index (χ1n) is 17.1. The molecule has 0 saturated heterocycles. The van der Waals surface area contributed by atoms with E-state index in [-0.39, 0.29) is 18.9 Å². The summed E-state index contributed by atoms with van der Waals surface area (Å²) in [7, 11) is 8.62. The van der Waals surface area contributed by atoms with Gasteiger partial charge in [0, 0.05) is 82.8 Å². The largest absolute Gasteiger partial charge is 0.508 e. The second kappa shape index (κ2) is 15.1. The van der Waals surface area contributed by atoms with Crippen LogP contribution < -0.4 is 0 Å². The van der Waals surface area contributed by atoms with Gasteiger partial charge in [0.15, 0.2) is 0 Å². The molecule has 0 unspecified atom stereocenters. The Morgan fingerprint density at radius 2 is 1.76 bits per heavy atom. The zero-order chi connectivity index (χ0) is 36.6. The molecule has 2 aromatic carbocycles. The summed E-state index contributed by atoms with van der Waals surface area (Å²) in [5, 5.41) is 21.7. The lowest BCUT2D eigenvalue weighted by molar-refractivity contribution is -0.140. The summed E-state index contributed by atoms with van der Waals surface area (Å²) in [5.41, 5.74) is 9.73. The van der Waals surface area contributed by atoms with Gasteiger partial charge < -0.3 is 19.1 Å². The van der Waals surface area contributed by atoms with Crippen molar-refractivity contribution in [1.29, 1.82) is 0 Å². The molecule has 1 aliphatic carbocycles. The number of ether oxygens (including phenoxy) is 2. The monoisotopic (exact) mass is 732 g/mol. The molecule has 51 heavy (non-hydrogen) atoms. The van der Waals surface area contributed by atoms with E-state index in [1.807, 2.05) is 67.1 Å². The van der Waals surface area contributed by atoms with Crippen molar-refractivity contribution in [3.05, 3.63) is 80.5 Å². The number of phenolic OH excluding ortho intramolecular Hbond substituents is 1. The predicted octanol–water partition coefficient (Wildman–Crippen LogP) is 6.90. The number of methoxy groups -OCH3 is 2. The lowest BCUT2D eigenvalue weighted by Gasteiger charge is -2.18. The Morgan fingerprint density at radius 3 is 2.51 bits per heavy atom. The number of hydrogen-bond donors (Lipinski definition) is 1. The van der Waals surface area contributed by atoms with E-state index < -0.39 is 5.97 Å². The number of aromatic hydroxyl groups is 1. The van der Waals surface area contributed by atoms with Crippen molar-refractivity contribution in [1.82, 2.24) is 29.0 Å². The van der Waals surface area contributed by atoms with Gasteiger partial charge in [-0.1, -0.05) is 11.6 Å². The van der Waals surface area contributed by atoms with E-state index in [4.69, 9.17) is 31.3 Å². The van der Waals surface area contributed by atoms with Crippen molar-refractivity contribution in [2.45, 2.75) is 76.2 Å². The number of halogens is 1. The Kier molecular flexibility index (Phi) is 10.9. The van der Waals surface area contributed by atoms with Gasteiger partial charge in [0.1, 0.15) is 11.4 Å². The van der Waals surface area contributed by atoms with Crippen LogP contribution in [0.2, 0.25) is 5.02 Å². The Morgan fingerprint density at radius 1 is 1.00 bits per heavy atom. The third kappa shape index (κ3) is 7.27. The zero-order valence-electron chi connectivity index (χ0n) is 30.3. The van der Waals surface area contributed by atoms with Crippen molar-refractivity contribution >= 4 is 46.2 Å².